The van der Waals surface area contributed by atoms with Crippen molar-refractivity contribution in [1.82, 2.24) is 10.2 Å². The highest BCUT2D eigenvalue weighted by molar-refractivity contribution is 9.10. The second kappa shape index (κ2) is 5.60. The molecule has 1 aliphatic carbocycles. The van der Waals surface area contributed by atoms with Gasteiger partial charge in [0, 0.05) is 42.3 Å². The van der Waals surface area contributed by atoms with Gasteiger partial charge in [-0.25, -0.2) is 0 Å². The zero-order chi connectivity index (χ0) is 13.4. The van der Waals surface area contributed by atoms with Crippen molar-refractivity contribution in [3.05, 3.63) is 27.2 Å². The molecule has 3 rings (SSSR count). The van der Waals surface area contributed by atoms with Crippen LogP contribution >= 0.6 is 27.5 Å². The first-order chi connectivity index (χ1) is 9.16. The highest BCUT2D eigenvalue weighted by atomic mass is 79.9. The summed E-state index contributed by atoms with van der Waals surface area (Å²) in [7, 11) is 0. The smallest absolute Gasteiger partial charge is 0.139 e. The molecule has 1 aromatic carbocycles. The van der Waals surface area contributed by atoms with Crippen LogP contribution in [-0.2, 0) is 0 Å². The number of phenolic OH excluding ortho intramolecular Hbond substituents is 1. The Morgan fingerprint density at radius 2 is 2.00 bits per heavy atom. The minimum Gasteiger partial charge on any atom is -0.506 e. The fraction of sp³-hybridized carbons (Fsp3) is 0.571. The Labute approximate surface area is 127 Å². The SMILES string of the molecule is Oc1c(Cl)cc(Br)cc1[C@@H](C1CC1)N1CCNCC1. The van der Waals surface area contributed by atoms with Gasteiger partial charge in [-0.2, -0.15) is 0 Å². The van der Waals surface area contributed by atoms with Crippen molar-refractivity contribution < 1.29 is 5.11 Å². The Morgan fingerprint density at radius 1 is 1.32 bits per heavy atom. The molecule has 5 heteroatoms. The molecule has 2 fully saturated rings. The number of halogens is 2. The lowest BCUT2D eigenvalue weighted by atomic mass is 9.98. The van der Waals surface area contributed by atoms with E-state index in [1.807, 2.05) is 6.07 Å². The van der Waals surface area contributed by atoms with E-state index < -0.39 is 0 Å². The lowest BCUT2D eigenvalue weighted by Gasteiger charge is -2.36. The molecule has 0 bridgehead atoms. The molecule has 1 heterocycles. The van der Waals surface area contributed by atoms with Crippen molar-refractivity contribution in [3.8, 4) is 5.75 Å². The Balaban J connectivity index is 1.95. The molecule has 1 aliphatic heterocycles. The molecule has 0 spiro atoms. The summed E-state index contributed by atoms with van der Waals surface area (Å²) in [5, 5.41) is 14.1. The lowest BCUT2D eigenvalue weighted by molar-refractivity contribution is 0.153. The minimum atomic E-state index is 0.250. The number of rotatable bonds is 3. The number of hydrogen-bond donors (Lipinski definition) is 2. The largest absolute Gasteiger partial charge is 0.506 e. The predicted octanol–water partition coefficient (Wildman–Crippen LogP) is 3.16. The van der Waals surface area contributed by atoms with Gasteiger partial charge in [0.05, 0.1) is 5.02 Å². The van der Waals surface area contributed by atoms with Gasteiger partial charge in [0.15, 0.2) is 0 Å². The monoisotopic (exact) mass is 344 g/mol. The number of phenols is 1. The third-order valence-corrected chi connectivity index (χ3v) is 4.74. The van der Waals surface area contributed by atoms with Crippen LogP contribution < -0.4 is 5.32 Å². The van der Waals surface area contributed by atoms with Crippen molar-refractivity contribution in [1.29, 1.82) is 0 Å². The second-order valence-corrected chi connectivity index (χ2v) is 6.72. The number of nitrogens with one attached hydrogen (secondary N) is 1. The second-order valence-electron chi connectivity index (χ2n) is 5.39. The number of nitrogens with zero attached hydrogens (tertiary/aromatic N) is 1. The first-order valence-corrected chi connectivity index (χ1v) is 7.96. The highest BCUT2D eigenvalue weighted by Crippen LogP contribution is 2.48. The van der Waals surface area contributed by atoms with Crippen molar-refractivity contribution in [2.45, 2.75) is 18.9 Å². The lowest BCUT2D eigenvalue weighted by Crippen LogP contribution is -2.45. The first kappa shape index (κ1) is 13.7. The number of benzene rings is 1. The Morgan fingerprint density at radius 3 is 2.63 bits per heavy atom. The average Bonchev–Trinajstić information content (AvgIpc) is 3.21. The molecule has 1 aromatic rings. The molecule has 1 saturated heterocycles. The fourth-order valence-electron chi connectivity index (χ4n) is 2.93. The number of hydrogen-bond acceptors (Lipinski definition) is 3. The van der Waals surface area contributed by atoms with E-state index in [4.69, 9.17) is 11.6 Å². The third kappa shape index (κ3) is 2.92. The van der Waals surface area contributed by atoms with E-state index in [9.17, 15) is 5.11 Å². The van der Waals surface area contributed by atoms with Crippen LogP contribution in [0.3, 0.4) is 0 Å². The van der Waals surface area contributed by atoms with Gasteiger partial charge in [-0.05, 0) is 30.9 Å². The molecule has 1 atom stereocenters. The standard InChI is InChI=1S/C14H18BrClN2O/c15-10-7-11(14(19)12(16)8-10)13(9-1-2-9)18-5-3-17-4-6-18/h7-9,13,17,19H,1-6H2/t13-/m1/s1. The van der Waals surface area contributed by atoms with E-state index in [1.165, 1.54) is 12.8 Å². The zero-order valence-electron chi connectivity index (χ0n) is 10.7. The van der Waals surface area contributed by atoms with E-state index >= 15 is 0 Å². The summed E-state index contributed by atoms with van der Waals surface area (Å²) in [6.07, 6.45) is 2.50. The first-order valence-electron chi connectivity index (χ1n) is 6.79. The van der Waals surface area contributed by atoms with Crippen LogP contribution in [0, 0.1) is 5.92 Å². The molecule has 2 aliphatic rings. The van der Waals surface area contributed by atoms with Crippen LogP contribution in [0.2, 0.25) is 5.02 Å². The van der Waals surface area contributed by atoms with Crippen LogP contribution in [0.15, 0.2) is 16.6 Å². The summed E-state index contributed by atoms with van der Waals surface area (Å²) < 4.78 is 0.936. The Kier molecular flexibility index (Phi) is 4.03. The summed E-state index contributed by atoms with van der Waals surface area (Å²) >= 11 is 9.60. The fourth-order valence-corrected chi connectivity index (χ4v) is 3.77. The van der Waals surface area contributed by atoms with Crippen LogP contribution in [0.5, 0.6) is 5.75 Å². The van der Waals surface area contributed by atoms with Crippen LogP contribution in [0.1, 0.15) is 24.4 Å². The van der Waals surface area contributed by atoms with Crippen molar-refractivity contribution >= 4 is 27.5 Å². The molecule has 1 saturated carbocycles. The van der Waals surface area contributed by atoms with E-state index in [0.717, 1.165) is 36.2 Å². The molecular formula is C14H18BrClN2O. The van der Waals surface area contributed by atoms with Crippen LogP contribution in [0.25, 0.3) is 0 Å². The van der Waals surface area contributed by atoms with Crippen LogP contribution in [-0.4, -0.2) is 36.2 Å². The van der Waals surface area contributed by atoms with Gasteiger partial charge in [-0.1, -0.05) is 27.5 Å². The normalized spacial score (nSPS) is 22.4. The summed E-state index contributed by atoms with van der Waals surface area (Å²) in [6.45, 7) is 4.10. The van der Waals surface area contributed by atoms with Crippen molar-refractivity contribution in [3.63, 3.8) is 0 Å². The van der Waals surface area contributed by atoms with Gasteiger partial charge in [0.2, 0.25) is 0 Å². The van der Waals surface area contributed by atoms with Crippen molar-refractivity contribution in [2.24, 2.45) is 5.92 Å². The predicted molar refractivity (Wildman–Crippen MR) is 80.7 cm³/mol. The maximum absolute atomic E-state index is 10.3. The molecule has 2 N–H and O–H groups in total. The maximum atomic E-state index is 10.3. The van der Waals surface area contributed by atoms with E-state index in [-0.39, 0.29) is 5.75 Å². The number of aromatic hydroxyl groups is 1. The van der Waals surface area contributed by atoms with E-state index in [1.54, 1.807) is 6.07 Å². The Bertz CT molecular complexity index is 473. The minimum absolute atomic E-state index is 0.250. The van der Waals surface area contributed by atoms with Gasteiger partial charge in [0.1, 0.15) is 5.75 Å². The molecule has 0 radical (unpaired) electrons. The van der Waals surface area contributed by atoms with Crippen molar-refractivity contribution in [2.75, 3.05) is 26.2 Å². The summed E-state index contributed by atoms with van der Waals surface area (Å²) in [5.41, 5.74) is 0.976. The summed E-state index contributed by atoms with van der Waals surface area (Å²) in [6, 6.07) is 4.08. The average molecular weight is 346 g/mol. The van der Waals surface area contributed by atoms with Gasteiger partial charge >= 0.3 is 0 Å². The van der Waals surface area contributed by atoms with Gasteiger partial charge in [0.25, 0.3) is 0 Å². The van der Waals surface area contributed by atoms with Gasteiger partial charge < -0.3 is 10.4 Å². The number of piperazine rings is 1. The molecule has 0 unspecified atom stereocenters. The molecule has 19 heavy (non-hydrogen) atoms. The van der Waals surface area contributed by atoms with E-state index in [2.05, 4.69) is 26.1 Å². The van der Waals surface area contributed by atoms with E-state index in [0.29, 0.717) is 17.0 Å². The molecule has 0 amide bonds. The molecule has 3 nitrogen and oxygen atoms in total. The quantitative estimate of drug-likeness (QED) is 0.883. The molecule has 104 valence electrons. The third-order valence-electron chi connectivity index (χ3n) is 3.99. The summed E-state index contributed by atoms with van der Waals surface area (Å²) in [4.78, 5) is 2.48. The molecular weight excluding hydrogens is 328 g/mol. The van der Waals surface area contributed by atoms with Gasteiger partial charge in [-0.3, -0.25) is 4.90 Å². The Hall–Kier alpha value is -0.290. The topological polar surface area (TPSA) is 35.5 Å². The van der Waals surface area contributed by atoms with Crippen LogP contribution in [0.4, 0.5) is 0 Å². The zero-order valence-corrected chi connectivity index (χ0v) is 13.0. The maximum Gasteiger partial charge on any atom is 0.139 e. The molecule has 0 aromatic heterocycles. The highest BCUT2D eigenvalue weighted by Gasteiger charge is 2.38. The summed E-state index contributed by atoms with van der Waals surface area (Å²) in [5.74, 6) is 0.912. The van der Waals surface area contributed by atoms with Gasteiger partial charge in [-0.15, -0.1) is 0 Å².